The fourth-order valence-corrected chi connectivity index (χ4v) is 2.84. The summed E-state index contributed by atoms with van der Waals surface area (Å²) in [7, 11) is 0. The van der Waals surface area contributed by atoms with Crippen LogP contribution < -0.4 is 0 Å². The third-order valence-electron chi connectivity index (χ3n) is 3.93. The van der Waals surface area contributed by atoms with Gasteiger partial charge in [-0.1, -0.05) is 0 Å². The van der Waals surface area contributed by atoms with E-state index in [1.807, 2.05) is 10.9 Å². The Morgan fingerprint density at radius 2 is 2.10 bits per heavy atom. The van der Waals surface area contributed by atoms with Crippen molar-refractivity contribution in [3.05, 3.63) is 18.0 Å². The van der Waals surface area contributed by atoms with Gasteiger partial charge in [-0.15, -0.1) is 0 Å². The van der Waals surface area contributed by atoms with E-state index in [-0.39, 0.29) is 6.61 Å². The number of aliphatic hydroxyl groups is 1. The Hall–Kier alpha value is -0.910. The lowest BCUT2D eigenvalue weighted by Gasteiger charge is -2.32. The molecule has 1 aromatic rings. The van der Waals surface area contributed by atoms with Crippen molar-refractivity contribution in [2.75, 3.05) is 32.8 Å². The lowest BCUT2D eigenvalue weighted by atomic mass is 9.93. The first-order valence-electron chi connectivity index (χ1n) is 7.67. The van der Waals surface area contributed by atoms with Gasteiger partial charge in [-0.25, -0.2) is 0 Å². The molecule has 1 N–H and O–H groups in total. The third-order valence-corrected chi connectivity index (χ3v) is 3.93. The van der Waals surface area contributed by atoms with Gasteiger partial charge in [-0.3, -0.25) is 4.68 Å². The summed E-state index contributed by atoms with van der Waals surface area (Å²) in [5.74, 6) is 0.575. The van der Waals surface area contributed by atoms with Gasteiger partial charge in [-0.2, -0.15) is 5.10 Å². The highest BCUT2D eigenvalue weighted by Crippen LogP contribution is 2.27. The zero-order valence-electron chi connectivity index (χ0n) is 12.7. The maximum absolute atomic E-state index is 9.06. The van der Waals surface area contributed by atoms with E-state index in [1.165, 1.54) is 18.5 Å². The number of nitrogens with zero attached hydrogens (tertiary/aromatic N) is 3. The van der Waals surface area contributed by atoms with E-state index in [4.69, 9.17) is 9.84 Å². The summed E-state index contributed by atoms with van der Waals surface area (Å²) in [5.41, 5.74) is 1.28. The number of hydrogen-bond donors (Lipinski definition) is 1. The van der Waals surface area contributed by atoms with Gasteiger partial charge in [0.15, 0.2) is 0 Å². The largest absolute Gasteiger partial charge is 0.394 e. The Bertz CT molecular complexity index is 384. The molecule has 0 aliphatic carbocycles. The van der Waals surface area contributed by atoms with Gasteiger partial charge in [0.25, 0.3) is 0 Å². The average Bonchev–Trinajstić information content (AvgIpc) is 2.88. The van der Waals surface area contributed by atoms with Crippen LogP contribution in [0.4, 0.5) is 0 Å². The van der Waals surface area contributed by atoms with E-state index < -0.39 is 0 Å². The summed E-state index contributed by atoms with van der Waals surface area (Å²) < 4.78 is 7.56. The van der Waals surface area contributed by atoms with E-state index in [9.17, 15) is 0 Å². The molecule has 20 heavy (non-hydrogen) atoms. The van der Waals surface area contributed by atoms with Gasteiger partial charge in [-0.05, 0) is 45.8 Å². The van der Waals surface area contributed by atoms with Gasteiger partial charge in [0, 0.05) is 24.4 Å². The van der Waals surface area contributed by atoms with Gasteiger partial charge >= 0.3 is 0 Å². The molecule has 0 saturated carbocycles. The Morgan fingerprint density at radius 3 is 2.75 bits per heavy atom. The minimum Gasteiger partial charge on any atom is -0.394 e. The van der Waals surface area contributed by atoms with Crippen LogP contribution in [0.1, 0.15) is 38.3 Å². The number of aromatic nitrogens is 2. The van der Waals surface area contributed by atoms with Crippen LogP contribution in [-0.2, 0) is 11.3 Å². The van der Waals surface area contributed by atoms with Crippen molar-refractivity contribution in [1.82, 2.24) is 14.7 Å². The van der Waals surface area contributed by atoms with Crippen LogP contribution in [0.2, 0.25) is 0 Å². The van der Waals surface area contributed by atoms with E-state index in [2.05, 4.69) is 29.9 Å². The normalized spacial score (nSPS) is 18.0. The summed E-state index contributed by atoms with van der Waals surface area (Å²) in [6, 6.07) is 2.10. The first kappa shape index (κ1) is 15.5. The van der Waals surface area contributed by atoms with Crippen molar-refractivity contribution in [3.63, 3.8) is 0 Å². The Morgan fingerprint density at radius 1 is 1.35 bits per heavy atom. The number of ether oxygens (including phenoxy) is 1. The summed E-state index contributed by atoms with van der Waals surface area (Å²) in [5, 5.41) is 13.4. The minimum absolute atomic E-state index is 0.153. The number of hydrogen-bond acceptors (Lipinski definition) is 4. The molecule has 0 unspecified atom stereocenters. The number of rotatable bonds is 7. The van der Waals surface area contributed by atoms with Crippen molar-refractivity contribution in [2.45, 2.75) is 45.3 Å². The summed E-state index contributed by atoms with van der Waals surface area (Å²) in [6.07, 6.45) is 4.49. The zero-order valence-corrected chi connectivity index (χ0v) is 12.7. The summed E-state index contributed by atoms with van der Waals surface area (Å²) in [6.45, 7) is 9.01. The Labute approximate surface area is 121 Å². The molecule has 5 heteroatoms. The second-order valence-corrected chi connectivity index (χ2v) is 5.74. The smallest absolute Gasteiger partial charge is 0.0644 e. The lowest BCUT2D eigenvalue weighted by Crippen LogP contribution is -2.36. The van der Waals surface area contributed by atoms with Crippen molar-refractivity contribution in [1.29, 1.82) is 0 Å². The molecule has 1 aliphatic heterocycles. The molecule has 0 amide bonds. The van der Waals surface area contributed by atoms with Gasteiger partial charge in [0.2, 0.25) is 0 Å². The molecule has 5 nitrogen and oxygen atoms in total. The molecule has 114 valence electrons. The number of piperidine rings is 1. The lowest BCUT2D eigenvalue weighted by molar-refractivity contribution is 0.0534. The molecule has 0 radical (unpaired) electrons. The monoisotopic (exact) mass is 281 g/mol. The van der Waals surface area contributed by atoms with Crippen molar-refractivity contribution >= 4 is 0 Å². The molecule has 1 fully saturated rings. The molecule has 1 aliphatic rings. The van der Waals surface area contributed by atoms with Crippen LogP contribution in [0.15, 0.2) is 12.3 Å². The first-order chi connectivity index (χ1) is 9.70. The highest BCUT2D eigenvalue weighted by Gasteiger charge is 2.22. The molecule has 2 heterocycles. The van der Waals surface area contributed by atoms with Crippen LogP contribution in [0, 0.1) is 0 Å². The van der Waals surface area contributed by atoms with Crippen LogP contribution >= 0.6 is 0 Å². The second kappa shape index (κ2) is 7.76. The van der Waals surface area contributed by atoms with Crippen LogP contribution in [0.3, 0.4) is 0 Å². The quantitative estimate of drug-likeness (QED) is 0.822. The summed E-state index contributed by atoms with van der Waals surface area (Å²) in [4.78, 5) is 2.48. The fraction of sp³-hybridized carbons (Fsp3) is 0.800. The second-order valence-electron chi connectivity index (χ2n) is 5.74. The predicted octanol–water partition coefficient (Wildman–Crippen LogP) is 1.48. The van der Waals surface area contributed by atoms with Crippen molar-refractivity contribution in [2.24, 2.45) is 0 Å². The van der Waals surface area contributed by atoms with Crippen LogP contribution in [0.25, 0.3) is 0 Å². The van der Waals surface area contributed by atoms with Crippen LogP contribution in [0.5, 0.6) is 0 Å². The van der Waals surface area contributed by atoms with E-state index in [0.29, 0.717) is 18.6 Å². The molecular formula is C15H27N3O2. The minimum atomic E-state index is 0.153. The third kappa shape index (κ3) is 4.30. The Balaban J connectivity index is 1.77. The van der Waals surface area contributed by atoms with Crippen molar-refractivity contribution in [3.8, 4) is 0 Å². The first-order valence-corrected chi connectivity index (χ1v) is 7.67. The standard InChI is InChI=1S/C15H27N3O2/c1-13(2)20-12-10-17-7-4-14(5-8-17)15-3-6-16-18(15)9-11-19/h3,6,13-14,19H,4-5,7-12H2,1-2H3. The molecule has 1 saturated heterocycles. The fourth-order valence-electron chi connectivity index (χ4n) is 2.84. The molecule has 0 aromatic carbocycles. The van der Waals surface area contributed by atoms with Gasteiger partial charge in [0.05, 0.1) is 25.9 Å². The highest BCUT2D eigenvalue weighted by molar-refractivity contribution is 5.09. The Kier molecular flexibility index (Phi) is 6.01. The maximum Gasteiger partial charge on any atom is 0.0644 e. The predicted molar refractivity (Wildman–Crippen MR) is 78.8 cm³/mol. The SMILES string of the molecule is CC(C)OCCN1CCC(c2ccnn2CCO)CC1. The van der Waals surface area contributed by atoms with E-state index >= 15 is 0 Å². The van der Waals surface area contributed by atoms with E-state index in [1.54, 1.807) is 0 Å². The zero-order chi connectivity index (χ0) is 14.4. The summed E-state index contributed by atoms with van der Waals surface area (Å²) >= 11 is 0. The molecule has 0 atom stereocenters. The average molecular weight is 281 g/mol. The van der Waals surface area contributed by atoms with Crippen molar-refractivity contribution < 1.29 is 9.84 Å². The highest BCUT2D eigenvalue weighted by atomic mass is 16.5. The van der Waals surface area contributed by atoms with Crippen LogP contribution in [-0.4, -0.2) is 58.7 Å². The topological polar surface area (TPSA) is 50.5 Å². The van der Waals surface area contributed by atoms with Gasteiger partial charge < -0.3 is 14.7 Å². The molecule has 1 aromatic heterocycles. The number of aliphatic hydroxyl groups excluding tert-OH is 1. The molecule has 0 bridgehead atoms. The molecular weight excluding hydrogens is 254 g/mol. The number of likely N-dealkylation sites (tertiary alicyclic amines) is 1. The molecule has 0 spiro atoms. The molecule has 2 rings (SSSR count). The van der Waals surface area contributed by atoms with E-state index in [0.717, 1.165) is 26.2 Å². The maximum atomic E-state index is 9.06. The van der Waals surface area contributed by atoms with Gasteiger partial charge in [0.1, 0.15) is 0 Å².